The van der Waals surface area contributed by atoms with Gasteiger partial charge in [-0.05, 0) is 29.6 Å². The van der Waals surface area contributed by atoms with E-state index in [0.717, 1.165) is 16.8 Å². The van der Waals surface area contributed by atoms with Gasteiger partial charge in [-0.1, -0.05) is 18.2 Å². The number of nitrogens with zero attached hydrogens (tertiary/aromatic N) is 1. The third-order valence-corrected chi connectivity index (χ3v) is 5.65. The topological polar surface area (TPSA) is 77.1 Å². The van der Waals surface area contributed by atoms with Crippen LogP contribution in [0.3, 0.4) is 0 Å². The molecule has 0 fully saturated rings. The highest BCUT2D eigenvalue weighted by Gasteiger charge is 2.20. The van der Waals surface area contributed by atoms with Crippen molar-refractivity contribution in [3.8, 4) is 5.69 Å². The Morgan fingerprint density at radius 3 is 2.56 bits per heavy atom. The summed E-state index contributed by atoms with van der Waals surface area (Å²) in [5.74, 6) is -0.524. The third-order valence-electron chi connectivity index (χ3n) is 3.77. The van der Waals surface area contributed by atoms with Crippen molar-refractivity contribution < 1.29 is 4.79 Å². The van der Waals surface area contributed by atoms with Crippen molar-refractivity contribution in [3.05, 3.63) is 74.5 Å². The van der Waals surface area contributed by atoms with Gasteiger partial charge in [-0.2, -0.15) is 11.3 Å². The van der Waals surface area contributed by atoms with Gasteiger partial charge in [-0.15, -0.1) is 11.3 Å². The van der Waals surface area contributed by atoms with Crippen LogP contribution in [0.4, 0.5) is 11.4 Å². The molecule has 1 aromatic carbocycles. The Hall–Kier alpha value is -2.90. The zero-order valence-electron chi connectivity index (χ0n) is 12.9. The Bertz CT molecular complexity index is 1110. The number of hydrogen-bond acceptors (Lipinski definition) is 5. The molecule has 3 heterocycles. The van der Waals surface area contributed by atoms with Gasteiger partial charge in [0.25, 0.3) is 11.5 Å². The summed E-state index contributed by atoms with van der Waals surface area (Å²) in [5.41, 5.74) is 7.70. The molecule has 0 atom stereocenters. The minimum Gasteiger partial charge on any atom is -0.365 e. The maximum Gasteiger partial charge on any atom is 0.261 e. The van der Waals surface area contributed by atoms with Crippen LogP contribution in [0.5, 0.6) is 0 Å². The van der Waals surface area contributed by atoms with Crippen LogP contribution in [0.1, 0.15) is 9.67 Å². The van der Waals surface area contributed by atoms with Crippen LogP contribution < -0.4 is 16.6 Å². The number of rotatable bonds is 4. The fraction of sp³-hybridized carbons (Fsp3) is 0. The van der Waals surface area contributed by atoms with Gasteiger partial charge in [-0.25, -0.2) is 0 Å². The zero-order valence-corrected chi connectivity index (χ0v) is 14.6. The van der Waals surface area contributed by atoms with Crippen molar-refractivity contribution in [2.75, 3.05) is 5.32 Å². The molecule has 7 heteroatoms. The van der Waals surface area contributed by atoms with E-state index in [1.54, 1.807) is 10.6 Å². The van der Waals surface area contributed by atoms with E-state index in [1.807, 2.05) is 47.2 Å². The van der Waals surface area contributed by atoms with Gasteiger partial charge in [-0.3, -0.25) is 14.2 Å². The minimum atomic E-state index is -0.524. The Labute approximate surface area is 151 Å². The predicted octanol–water partition coefficient (Wildman–Crippen LogP) is 3.96. The molecule has 5 nitrogen and oxygen atoms in total. The molecule has 0 aliphatic heterocycles. The standard InChI is InChI=1S/C18H13N3O2S2/c19-17(23)16-15(20-11-4-2-1-3-5-11)13-6-7-14(22)21(18(13)25-16)12-8-9-24-10-12/h1-10,20H,(H2,19,23). The van der Waals surface area contributed by atoms with E-state index < -0.39 is 5.91 Å². The molecule has 0 unspecified atom stereocenters. The average molecular weight is 367 g/mol. The first-order chi connectivity index (χ1) is 12.1. The Kier molecular flexibility index (Phi) is 3.87. The smallest absolute Gasteiger partial charge is 0.261 e. The highest BCUT2D eigenvalue weighted by atomic mass is 32.1. The molecule has 1 amide bonds. The zero-order chi connectivity index (χ0) is 17.4. The van der Waals surface area contributed by atoms with Crippen LogP contribution in [0.2, 0.25) is 0 Å². The van der Waals surface area contributed by atoms with E-state index in [9.17, 15) is 9.59 Å². The Morgan fingerprint density at radius 2 is 1.88 bits per heavy atom. The van der Waals surface area contributed by atoms with E-state index in [2.05, 4.69) is 5.32 Å². The fourth-order valence-electron chi connectivity index (χ4n) is 2.67. The van der Waals surface area contributed by atoms with Crippen molar-refractivity contribution in [1.29, 1.82) is 0 Å². The summed E-state index contributed by atoms with van der Waals surface area (Å²) in [6, 6.07) is 14.7. The maximum atomic E-state index is 12.4. The van der Waals surface area contributed by atoms with Gasteiger partial charge in [0.1, 0.15) is 9.71 Å². The van der Waals surface area contributed by atoms with E-state index in [4.69, 9.17) is 5.73 Å². The van der Waals surface area contributed by atoms with Crippen molar-refractivity contribution in [1.82, 2.24) is 4.57 Å². The summed E-state index contributed by atoms with van der Waals surface area (Å²) in [4.78, 5) is 25.5. The molecule has 0 radical (unpaired) electrons. The number of primary amides is 1. The Balaban J connectivity index is 1.99. The lowest BCUT2D eigenvalue weighted by Gasteiger charge is -2.08. The minimum absolute atomic E-state index is 0.144. The molecular formula is C18H13N3O2S2. The predicted molar refractivity (Wildman–Crippen MR) is 104 cm³/mol. The van der Waals surface area contributed by atoms with Crippen molar-refractivity contribution in [2.24, 2.45) is 5.73 Å². The quantitative estimate of drug-likeness (QED) is 0.573. The normalized spacial score (nSPS) is 10.9. The molecule has 4 aromatic rings. The van der Waals surface area contributed by atoms with E-state index >= 15 is 0 Å². The monoisotopic (exact) mass is 367 g/mol. The van der Waals surface area contributed by atoms with Crippen LogP contribution in [0.15, 0.2) is 64.1 Å². The first kappa shape index (κ1) is 15.6. The molecule has 0 bridgehead atoms. The number of nitrogens with two attached hydrogens (primary N) is 1. The van der Waals surface area contributed by atoms with Crippen LogP contribution in [-0.4, -0.2) is 10.5 Å². The van der Waals surface area contributed by atoms with Gasteiger partial charge in [0, 0.05) is 22.5 Å². The lowest BCUT2D eigenvalue weighted by Crippen LogP contribution is -2.15. The molecule has 4 rings (SSSR count). The average Bonchev–Trinajstić information content (AvgIpc) is 3.24. The van der Waals surface area contributed by atoms with Gasteiger partial charge in [0.2, 0.25) is 0 Å². The van der Waals surface area contributed by atoms with Gasteiger partial charge in [0.15, 0.2) is 0 Å². The number of thiophene rings is 2. The van der Waals surface area contributed by atoms with Crippen LogP contribution in [0.25, 0.3) is 15.9 Å². The summed E-state index contributed by atoms with van der Waals surface area (Å²) >= 11 is 2.73. The van der Waals surface area contributed by atoms with E-state index in [1.165, 1.54) is 28.7 Å². The summed E-state index contributed by atoms with van der Waals surface area (Å²) in [5, 5.41) is 7.86. The number of hydrogen-bond donors (Lipinski definition) is 2. The van der Waals surface area contributed by atoms with Crippen molar-refractivity contribution >= 4 is 50.2 Å². The van der Waals surface area contributed by atoms with E-state index in [0.29, 0.717) is 15.4 Å². The summed E-state index contributed by atoms with van der Waals surface area (Å²) in [6.07, 6.45) is 0. The number of fused-ring (bicyclic) bond motifs is 1. The van der Waals surface area contributed by atoms with Crippen LogP contribution in [-0.2, 0) is 0 Å². The molecule has 0 saturated heterocycles. The molecule has 25 heavy (non-hydrogen) atoms. The highest BCUT2D eigenvalue weighted by Crippen LogP contribution is 2.37. The number of nitrogens with one attached hydrogen (secondary N) is 1. The number of carbonyl (C=O) groups is 1. The number of anilines is 2. The first-order valence-corrected chi connectivity index (χ1v) is 9.24. The van der Waals surface area contributed by atoms with Gasteiger partial charge in [0.05, 0.1) is 11.4 Å². The number of para-hydroxylation sites is 1. The van der Waals surface area contributed by atoms with Gasteiger partial charge >= 0.3 is 0 Å². The maximum absolute atomic E-state index is 12.4. The summed E-state index contributed by atoms with van der Waals surface area (Å²) < 4.78 is 1.61. The number of pyridine rings is 1. The summed E-state index contributed by atoms with van der Waals surface area (Å²) in [7, 11) is 0. The number of amides is 1. The lowest BCUT2D eigenvalue weighted by atomic mass is 10.2. The largest absolute Gasteiger partial charge is 0.365 e. The van der Waals surface area contributed by atoms with Gasteiger partial charge < -0.3 is 11.1 Å². The van der Waals surface area contributed by atoms with Crippen molar-refractivity contribution in [2.45, 2.75) is 0 Å². The molecule has 124 valence electrons. The molecule has 0 saturated carbocycles. The SMILES string of the molecule is NC(=O)c1sc2c(ccc(=O)n2-c2ccsc2)c1Nc1ccccc1. The van der Waals surface area contributed by atoms with Crippen LogP contribution >= 0.6 is 22.7 Å². The second-order valence-electron chi connectivity index (χ2n) is 5.37. The molecular weight excluding hydrogens is 354 g/mol. The van der Waals surface area contributed by atoms with Crippen LogP contribution in [0, 0.1) is 0 Å². The lowest BCUT2D eigenvalue weighted by molar-refractivity contribution is 0.100. The molecule has 0 aliphatic rings. The molecule has 0 aliphatic carbocycles. The third kappa shape index (κ3) is 2.73. The summed E-state index contributed by atoms with van der Waals surface area (Å²) in [6.45, 7) is 0. The Morgan fingerprint density at radius 1 is 1.08 bits per heavy atom. The van der Waals surface area contributed by atoms with Crippen molar-refractivity contribution in [3.63, 3.8) is 0 Å². The second kappa shape index (κ2) is 6.19. The number of benzene rings is 1. The second-order valence-corrected chi connectivity index (χ2v) is 7.15. The first-order valence-electron chi connectivity index (χ1n) is 7.48. The number of aromatic nitrogens is 1. The number of carbonyl (C=O) groups excluding carboxylic acids is 1. The molecule has 3 aromatic heterocycles. The molecule has 3 N–H and O–H groups in total. The highest BCUT2D eigenvalue weighted by molar-refractivity contribution is 7.21. The van der Waals surface area contributed by atoms with E-state index in [-0.39, 0.29) is 5.56 Å². The fourth-order valence-corrected chi connectivity index (χ4v) is 4.42. The molecule has 0 spiro atoms.